The van der Waals surface area contributed by atoms with Gasteiger partial charge in [-0.1, -0.05) is 31.9 Å². The number of benzene rings is 2. The molecule has 0 radical (unpaired) electrons. The topological polar surface area (TPSA) is 95.1 Å². The number of rotatable bonds is 14. The van der Waals surface area contributed by atoms with Gasteiger partial charge >= 0.3 is 0 Å². The quantitative estimate of drug-likeness (QED) is 0.326. The zero-order valence-corrected chi connectivity index (χ0v) is 21.8. The summed E-state index contributed by atoms with van der Waals surface area (Å²) in [6.45, 7) is 2.31. The van der Waals surface area contributed by atoms with E-state index in [4.69, 9.17) is 18.9 Å². The van der Waals surface area contributed by atoms with E-state index in [0.29, 0.717) is 68.6 Å². The number of ether oxygens (including phenoxy) is 4. The van der Waals surface area contributed by atoms with Crippen LogP contribution in [0.25, 0.3) is 0 Å². The molecule has 0 aliphatic carbocycles. The van der Waals surface area contributed by atoms with E-state index >= 15 is 0 Å². The number of nitrogens with one attached hydrogen (secondary N) is 2. The molecule has 2 rings (SSSR count). The lowest BCUT2D eigenvalue weighted by atomic mass is 10.2. The number of amides is 2. The van der Waals surface area contributed by atoms with Crippen LogP contribution in [0.15, 0.2) is 45.3 Å². The van der Waals surface area contributed by atoms with E-state index < -0.39 is 0 Å². The third kappa shape index (κ3) is 9.32. The maximum atomic E-state index is 12.6. The van der Waals surface area contributed by atoms with Gasteiger partial charge in [0.25, 0.3) is 11.8 Å². The predicted molar refractivity (Wildman–Crippen MR) is 132 cm³/mol. The predicted octanol–water partition coefficient (Wildman–Crippen LogP) is 3.81. The zero-order chi connectivity index (χ0) is 24.1. The highest BCUT2D eigenvalue weighted by atomic mass is 79.9. The largest absolute Gasteiger partial charge is 0.490 e. The van der Waals surface area contributed by atoms with Gasteiger partial charge in [0.15, 0.2) is 0 Å². The van der Waals surface area contributed by atoms with Gasteiger partial charge in [-0.3, -0.25) is 9.59 Å². The van der Waals surface area contributed by atoms with E-state index in [0.717, 1.165) is 8.95 Å². The van der Waals surface area contributed by atoms with Gasteiger partial charge in [-0.05, 0) is 42.8 Å². The summed E-state index contributed by atoms with van der Waals surface area (Å²) >= 11 is 6.76. The van der Waals surface area contributed by atoms with Crippen LogP contribution in [-0.4, -0.2) is 65.6 Å². The number of carbonyl (C=O) groups is 2. The van der Waals surface area contributed by atoms with Crippen LogP contribution in [0.5, 0.6) is 11.5 Å². The fraction of sp³-hybridized carbons (Fsp3) is 0.391. The molecule has 0 aliphatic heterocycles. The third-order valence-electron chi connectivity index (χ3n) is 4.39. The fourth-order valence-electron chi connectivity index (χ4n) is 2.76. The van der Waals surface area contributed by atoms with Crippen LogP contribution < -0.4 is 20.1 Å². The monoisotopic (exact) mass is 586 g/mol. The molecule has 0 spiro atoms. The van der Waals surface area contributed by atoms with E-state index in [9.17, 15) is 9.59 Å². The SMILES string of the molecule is COCCOc1ccc(Br)cc1C(=O)NCCCNC(=O)c1cc(Br)ccc1OCCOC. The Morgan fingerprint density at radius 2 is 1.15 bits per heavy atom. The molecular formula is C23H28Br2N2O6. The molecule has 0 unspecified atom stereocenters. The molecule has 2 aromatic carbocycles. The van der Waals surface area contributed by atoms with Crippen LogP contribution in [0.3, 0.4) is 0 Å². The summed E-state index contributed by atoms with van der Waals surface area (Å²) in [4.78, 5) is 25.2. The Morgan fingerprint density at radius 3 is 1.55 bits per heavy atom. The first kappa shape index (κ1) is 27.1. The molecule has 0 fully saturated rings. The molecule has 8 nitrogen and oxygen atoms in total. The van der Waals surface area contributed by atoms with E-state index in [1.165, 1.54) is 0 Å². The van der Waals surface area contributed by atoms with Crippen molar-refractivity contribution < 1.29 is 28.5 Å². The highest BCUT2D eigenvalue weighted by Gasteiger charge is 2.15. The fourth-order valence-corrected chi connectivity index (χ4v) is 3.49. The summed E-state index contributed by atoms with van der Waals surface area (Å²) in [5, 5.41) is 5.71. The van der Waals surface area contributed by atoms with Gasteiger partial charge in [0, 0.05) is 36.3 Å². The maximum Gasteiger partial charge on any atom is 0.255 e. The molecule has 0 aliphatic rings. The number of hydrogen-bond acceptors (Lipinski definition) is 6. The second kappa shape index (κ2) is 14.9. The lowest BCUT2D eigenvalue weighted by molar-refractivity contribution is 0.0944. The summed E-state index contributed by atoms with van der Waals surface area (Å²) in [5.74, 6) is 0.458. The summed E-state index contributed by atoms with van der Waals surface area (Å²) in [7, 11) is 3.17. The molecular weight excluding hydrogens is 560 g/mol. The van der Waals surface area contributed by atoms with Crippen molar-refractivity contribution in [3.05, 3.63) is 56.5 Å². The van der Waals surface area contributed by atoms with Gasteiger partial charge in [0.2, 0.25) is 0 Å². The molecule has 0 aromatic heterocycles. The molecule has 0 heterocycles. The van der Waals surface area contributed by atoms with Crippen molar-refractivity contribution in [1.82, 2.24) is 10.6 Å². The second-order valence-corrected chi connectivity index (χ2v) is 8.66. The molecule has 10 heteroatoms. The minimum atomic E-state index is -0.254. The van der Waals surface area contributed by atoms with Crippen molar-refractivity contribution in [2.45, 2.75) is 6.42 Å². The first-order chi connectivity index (χ1) is 16.0. The summed E-state index contributed by atoms with van der Waals surface area (Å²) in [5.41, 5.74) is 0.855. The molecule has 0 saturated heterocycles. The highest BCUT2D eigenvalue weighted by molar-refractivity contribution is 9.10. The second-order valence-electron chi connectivity index (χ2n) is 6.83. The Labute approximate surface area is 210 Å². The molecule has 0 saturated carbocycles. The number of methoxy groups -OCH3 is 2. The van der Waals surface area contributed by atoms with Gasteiger partial charge in [-0.2, -0.15) is 0 Å². The molecule has 2 aromatic rings. The minimum Gasteiger partial charge on any atom is -0.490 e. The van der Waals surface area contributed by atoms with Crippen LogP contribution in [0.2, 0.25) is 0 Å². The first-order valence-electron chi connectivity index (χ1n) is 10.3. The molecule has 2 N–H and O–H groups in total. The Morgan fingerprint density at radius 1 is 0.727 bits per heavy atom. The normalized spacial score (nSPS) is 10.5. The van der Waals surface area contributed by atoms with Crippen LogP contribution in [0.4, 0.5) is 0 Å². The molecule has 33 heavy (non-hydrogen) atoms. The van der Waals surface area contributed by atoms with Gasteiger partial charge in [0.1, 0.15) is 24.7 Å². The molecule has 2 amide bonds. The summed E-state index contributed by atoms with van der Waals surface area (Å²) < 4.78 is 22.8. The van der Waals surface area contributed by atoms with Crippen molar-refractivity contribution in [2.24, 2.45) is 0 Å². The number of halogens is 2. The zero-order valence-electron chi connectivity index (χ0n) is 18.6. The van der Waals surface area contributed by atoms with Crippen LogP contribution in [0, 0.1) is 0 Å². The third-order valence-corrected chi connectivity index (χ3v) is 5.37. The number of hydrogen-bond donors (Lipinski definition) is 2. The average molecular weight is 588 g/mol. The maximum absolute atomic E-state index is 12.6. The van der Waals surface area contributed by atoms with Crippen LogP contribution >= 0.6 is 31.9 Å². The van der Waals surface area contributed by atoms with Crippen LogP contribution in [0.1, 0.15) is 27.1 Å². The van der Waals surface area contributed by atoms with Crippen molar-refractivity contribution >= 4 is 43.7 Å². The summed E-state index contributed by atoms with van der Waals surface area (Å²) in [6.07, 6.45) is 0.555. The van der Waals surface area contributed by atoms with Crippen molar-refractivity contribution in [1.29, 1.82) is 0 Å². The lowest BCUT2D eigenvalue weighted by Crippen LogP contribution is -2.30. The van der Waals surface area contributed by atoms with Gasteiger partial charge in [-0.15, -0.1) is 0 Å². The van der Waals surface area contributed by atoms with Gasteiger partial charge in [0.05, 0.1) is 24.3 Å². The van der Waals surface area contributed by atoms with E-state index in [1.807, 2.05) is 12.1 Å². The van der Waals surface area contributed by atoms with Crippen molar-refractivity contribution in [2.75, 3.05) is 53.7 Å². The molecule has 180 valence electrons. The summed E-state index contributed by atoms with van der Waals surface area (Å²) in [6, 6.07) is 10.5. The molecule has 0 bridgehead atoms. The molecule has 0 atom stereocenters. The van der Waals surface area contributed by atoms with E-state index in [2.05, 4.69) is 42.5 Å². The Kier molecular flexibility index (Phi) is 12.2. The van der Waals surface area contributed by atoms with E-state index in [-0.39, 0.29) is 11.8 Å². The standard InChI is InChI=1S/C23H28Br2N2O6/c1-30-10-12-32-20-6-4-16(24)14-18(20)22(28)26-8-3-9-27-23(29)19-15-17(25)5-7-21(19)33-13-11-31-2/h4-7,14-15H,3,8-13H2,1-2H3,(H,26,28)(H,27,29). The average Bonchev–Trinajstić information content (AvgIpc) is 2.80. The Balaban J connectivity index is 1.84. The highest BCUT2D eigenvalue weighted by Crippen LogP contribution is 2.24. The van der Waals surface area contributed by atoms with Gasteiger partial charge in [-0.25, -0.2) is 0 Å². The Hall–Kier alpha value is -2.14. The van der Waals surface area contributed by atoms with Crippen molar-refractivity contribution in [3.63, 3.8) is 0 Å². The number of carbonyl (C=O) groups excluding carboxylic acids is 2. The van der Waals surface area contributed by atoms with Crippen molar-refractivity contribution in [3.8, 4) is 11.5 Å². The lowest BCUT2D eigenvalue weighted by Gasteiger charge is -2.13. The van der Waals surface area contributed by atoms with Gasteiger partial charge < -0.3 is 29.6 Å². The van der Waals surface area contributed by atoms with E-state index in [1.54, 1.807) is 38.5 Å². The smallest absolute Gasteiger partial charge is 0.255 e. The Bertz CT molecular complexity index is 852. The first-order valence-corrected chi connectivity index (χ1v) is 11.9. The minimum absolute atomic E-state index is 0.254. The van der Waals surface area contributed by atoms with Crippen LogP contribution in [-0.2, 0) is 9.47 Å².